The third kappa shape index (κ3) is 3.01. The smallest absolute Gasteiger partial charge is 0.336 e. The molecular formula is C22H18NO4-. The summed E-state index contributed by atoms with van der Waals surface area (Å²) in [7, 11) is 1.47. The van der Waals surface area contributed by atoms with Crippen LogP contribution < -0.4 is 9.84 Å². The molecule has 0 amide bonds. The van der Waals surface area contributed by atoms with Gasteiger partial charge in [0, 0.05) is 5.39 Å². The Morgan fingerprint density at radius 2 is 2.04 bits per heavy atom. The summed E-state index contributed by atoms with van der Waals surface area (Å²) in [5.74, 6) is -0.809. The molecule has 136 valence electrons. The van der Waals surface area contributed by atoms with E-state index in [2.05, 4.69) is 0 Å². The summed E-state index contributed by atoms with van der Waals surface area (Å²) in [6.45, 7) is 0. The van der Waals surface area contributed by atoms with Crippen LogP contribution in [0.25, 0.3) is 22.6 Å². The molecule has 2 aromatic carbocycles. The van der Waals surface area contributed by atoms with Gasteiger partial charge >= 0.3 is 5.97 Å². The second kappa shape index (κ2) is 6.76. The van der Waals surface area contributed by atoms with Crippen LogP contribution in [0.4, 0.5) is 0 Å². The Morgan fingerprint density at radius 3 is 2.78 bits per heavy atom. The number of carboxylic acid groups (broad SMARTS) is 1. The van der Waals surface area contributed by atoms with Gasteiger partial charge in [-0.25, -0.2) is 9.78 Å². The van der Waals surface area contributed by atoms with Gasteiger partial charge in [-0.1, -0.05) is 36.1 Å². The van der Waals surface area contributed by atoms with Crippen molar-refractivity contribution in [3.8, 4) is 11.5 Å². The number of hydrogen-bond donors (Lipinski definition) is 1. The van der Waals surface area contributed by atoms with Gasteiger partial charge in [0.1, 0.15) is 5.75 Å². The number of para-hydroxylation sites is 1. The highest BCUT2D eigenvalue weighted by atomic mass is 16.5. The zero-order chi connectivity index (χ0) is 19.0. The first-order valence-corrected chi connectivity index (χ1v) is 8.79. The largest absolute Gasteiger partial charge is 0.870 e. The third-order valence-electron chi connectivity index (χ3n) is 4.91. The second-order valence-corrected chi connectivity index (χ2v) is 6.57. The number of carbonyl (C=O) groups is 1. The van der Waals surface area contributed by atoms with Crippen LogP contribution in [0.2, 0.25) is 0 Å². The fourth-order valence-corrected chi connectivity index (χ4v) is 3.70. The normalized spacial score (nSPS) is 14.9. The molecule has 0 saturated heterocycles. The number of nitrogens with zero attached hydrogens (tertiary/aromatic N) is 1. The molecule has 0 fully saturated rings. The first-order chi connectivity index (χ1) is 13.1. The number of aromatic nitrogens is 1. The van der Waals surface area contributed by atoms with E-state index < -0.39 is 5.97 Å². The fraction of sp³-hybridized carbons (Fsp3) is 0.182. The van der Waals surface area contributed by atoms with Gasteiger partial charge in [0.2, 0.25) is 0 Å². The molecule has 1 heterocycles. The Bertz CT molecular complexity index is 1090. The molecule has 3 aromatic rings. The van der Waals surface area contributed by atoms with E-state index in [1.54, 1.807) is 12.1 Å². The van der Waals surface area contributed by atoms with Crippen LogP contribution in [0.1, 0.15) is 40.0 Å². The standard InChI is InChI=1S/C22H19NO4/c1-27-19-10-9-13(12-18(19)24)11-14-5-4-7-16-20(22(25)26)15-6-2-3-8-17(15)23-21(14)16/h2-3,6,8-12,24H,4-5,7H2,1H3,(H,25,26)/p-1/b14-11+. The number of methoxy groups -OCH3 is 1. The first-order valence-electron chi connectivity index (χ1n) is 8.79. The fourth-order valence-electron chi connectivity index (χ4n) is 3.70. The summed E-state index contributed by atoms with van der Waals surface area (Å²) >= 11 is 0. The van der Waals surface area contributed by atoms with E-state index >= 15 is 0 Å². The summed E-state index contributed by atoms with van der Waals surface area (Å²) in [5, 5.41) is 22.5. The van der Waals surface area contributed by atoms with E-state index in [-0.39, 0.29) is 5.75 Å². The van der Waals surface area contributed by atoms with Crippen molar-refractivity contribution in [2.75, 3.05) is 7.11 Å². The number of benzene rings is 2. The topological polar surface area (TPSA) is 82.5 Å². The average molecular weight is 360 g/mol. The van der Waals surface area contributed by atoms with Crippen LogP contribution in [-0.2, 0) is 6.42 Å². The summed E-state index contributed by atoms with van der Waals surface area (Å²) in [6.07, 6.45) is 4.24. The van der Waals surface area contributed by atoms with Gasteiger partial charge in [-0.2, -0.15) is 0 Å². The highest BCUT2D eigenvalue weighted by molar-refractivity contribution is 6.05. The first kappa shape index (κ1) is 17.1. The zero-order valence-electron chi connectivity index (χ0n) is 14.9. The molecule has 0 spiro atoms. The predicted octanol–water partition coefficient (Wildman–Crippen LogP) is 3.89. The van der Waals surface area contributed by atoms with E-state index in [1.165, 1.54) is 13.2 Å². The summed E-state index contributed by atoms with van der Waals surface area (Å²) in [5.41, 5.74) is 4.21. The van der Waals surface area contributed by atoms with Crippen LogP contribution in [0.3, 0.4) is 0 Å². The second-order valence-electron chi connectivity index (χ2n) is 6.57. The summed E-state index contributed by atoms with van der Waals surface area (Å²) < 4.78 is 5.03. The van der Waals surface area contributed by atoms with Crippen molar-refractivity contribution in [2.24, 2.45) is 0 Å². The number of carboxylic acids is 1. The van der Waals surface area contributed by atoms with Gasteiger partial charge in [-0.05, 0) is 54.2 Å². The van der Waals surface area contributed by atoms with Crippen LogP contribution >= 0.6 is 0 Å². The third-order valence-corrected chi connectivity index (χ3v) is 4.91. The summed E-state index contributed by atoms with van der Waals surface area (Å²) in [6, 6.07) is 12.3. The maximum absolute atomic E-state index is 12.0. The minimum absolute atomic E-state index is 0.180. The number of pyridine rings is 1. The molecule has 0 unspecified atom stereocenters. The molecule has 0 atom stereocenters. The van der Waals surface area contributed by atoms with Crippen molar-refractivity contribution in [1.82, 2.24) is 4.98 Å². The van der Waals surface area contributed by atoms with Crippen LogP contribution in [0.5, 0.6) is 11.5 Å². The van der Waals surface area contributed by atoms with Crippen LogP contribution in [0, 0.1) is 0 Å². The van der Waals surface area contributed by atoms with Gasteiger partial charge in [0.15, 0.2) is 0 Å². The molecule has 1 N–H and O–H groups in total. The van der Waals surface area contributed by atoms with E-state index in [9.17, 15) is 15.0 Å². The molecule has 1 aliphatic rings. The number of ether oxygens (including phenoxy) is 1. The molecule has 4 rings (SSSR count). The van der Waals surface area contributed by atoms with E-state index in [0.29, 0.717) is 28.6 Å². The summed E-state index contributed by atoms with van der Waals surface area (Å²) in [4.78, 5) is 16.7. The minimum atomic E-state index is -0.933. The highest BCUT2D eigenvalue weighted by Gasteiger charge is 2.24. The number of rotatable bonds is 3. The molecule has 1 aromatic heterocycles. The Kier molecular flexibility index (Phi) is 4.28. The zero-order valence-corrected chi connectivity index (χ0v) is 14.9. The van der Waals surface area contributed by atoms with E-state index in [1.807, 2.05) is 30.3 Å². The van der Waals surface area contributed by atoms with Gasteiger partial charge in [0.25, 0.3) is 0 Å². The van der Waals surface area contributed by atoms with Crippen molar-refractivity contribution in [3.05, 3.63) is 64.8 Å². The van der Waals surface area contributed by atoms with E-state index in [0.717, 1.165) is 35.2 Å². The Labute approximate surface area is 156 Å². The maximum Gasteiger partial charge on any atom is 0.336 e. The number of fused-ring (bicyclic) bond motifs is 2. The number of allylic oxidation sites excluding steroid dienone is 1. The van der Waals surface area contributed by atoms with Crippen molar-refractivity contribution in [2.45, 2.75) is 19.3 Å². The van der Waals surface area contributed by atoms with Crippen LogP contribution in [-0.4, -0.2) is 23.2 Å². The lowest BCUT2D eigenvalue weighted by molar-refractivity contribution is -0.270. The van der Waals surface area contributed by atoms with Crippen molar-refractivity contribution in [1.29, 1.82) is 0 Å². The van der Waals surface area contributed by atoms with Crippen molar-refractivity contribution >= 4 is 28.5 Å². The lowest BCUT2D eigenvalue weighted by Crippen LogP contribution is -2.13. The monoisotopic (exact) mass is 360 g/mol. The predicted molar refractivity (Wildman–Crippen MR) is 102 cm³/mol. The lowest BCUT2D eigenvalue weighted by Gasteiger charge is -2.22. The SMILES string of the molecule is COc1ccc(/C=C2\CCCc3c2nc2ccccc2c3C(=O)O)cc1[O-]. The van der Waals surface area contributed by atoms with Gasteiger partial charge in [-0.15, -0.1) is 0 Å². The highest BCUT2D eigenvalue weighted by Crippen LogP contribution is 2.36. The number of hydrogen-bond acceptors (Lipinski definition) is 4. The Balaban J connectivity index is 1.91. The molecule has 5 nitrogen and oxygen atoms in total. The molecule has 5 heteroatoms. The molecule has 0 aliphatic heterocycles. The molecular weight excluding hydrogens is 342 g/mol. The Morgan fingerprint density at radius 1 is 1.22 bits per heavy atom. The molecule has 0 bridgehead atoms. The van der Waals surface area contributed by atoms with E-state index in [4.69, 9.17) is 9.72 Å². The van der Waals surface area contributed by atoms with Gasteiger partial charge in [0.05, 0.1) is 23.9 Å². The average Bonchev–Trinajstić information content (AvgIpc) is 2.66. The van der Waals surface area contributed by atoms with Gasteiger partial charge in [-0.3, -0.25) is 0 Å². The molecule has 0 saturated carbocycles. The molecule has 0 radical (unpaired) electrons. The quantitative estimate of drug-likeness (QED) is 0.766. The van der Waals surface area contributed by atoms with Gasteiger partial charge < -0.3 is 14.9 Å². The van der Waals surface area contributed by atoms with Crippen LogP contribution in [0.15, 0.2) is 42.5 Å². The van der Waals surface area contributed by atoms with Crippen molar-refractivity contribution in [3.63, 3.8) is 0 Å². The molecule has 27 heavy (non-hydrogen) atoms. The number of aromatic carboxylic acids is 1. The maximum atomic E-state index is 12.0. The minimum Gasteiger partial charge on any atom is -0.870 e. The Hall–Kier alpha value is -3.34. The molecule has 1 aliphatic carbocycles. The van der Waals surface area contributed by atoms with Crippen molar-refractivity contribution < 1.29 is 19.7 Å². The lowest BCUT2D eigenvalue weighted by atomic mass is 9.86.